The molecule has 0 radical (unpaired) electrons. The van der Waals surface area contributed by atoms with Gasteiger partial charge in [-0.3, -0.25) is 14.7 Å². The Balaban J connectivity index is 1.70. The number of pyridine rings is 1. The number of carboxylic acids is 1. The average Bonchev–Trinajstić information content (AvgIpc) is 3.75. The van der Waals surface area contributed by atoms with E-state index in [2.05, 4.69) is 37.6 Å². The number of ether oxygens (including phenoxy) is 1. The Morgan fingerprint density at radius 1 is 1.02 bits per heavy atom. The van der Waals surface area contributed by atoms with E-state index in [-0.39, 0.29) is 34.9 Å². The second-order valence-corrected chi connectivity index (χ2v) is 11.6. The largest absolute Gasteiger partial charge is 0.481 e. The summed E-state index contributed by atoms with van der Waals surface area (Å²) < 4.78 is 36.1. The summed E-state index contributed by atoms with van der Waals surface area (Å²) in [5, 5.41) is 9.60. The molecule has 0 amide bonds. The Morgan fingerprint density at radius 3 is 2.32 bits per heavy atom. The number of halogens is 2. The van der Waals surface area contributed by atoms with Crippen LogP contribution in [0.15, 0.2) is 48.7 Å². The highest BCUT2D eigenvalue weighted by Gasteiger charge is 2.40. The first-order chi connectivity index (χ1) is 19.4. The van der Waals surface area contributed by atoms with E-state index in [1.54, 1.807) is 50.2 Å². The molecule has 0 bridgehead atoms. The van der Waals surface area contributed by atoms with E-state index < -0.39 is 35.4 Å². The molecule has 41 heavy (non-hydrogen) atoms. The Hall–Kier alpha value is -3.65. The normalized spacial score (nSPS) is 14.9. The van der Waals surface area contributed by atoms with Crippen LogP contribution in [0.25, 0.3) is 11.1 Å². The molecular formula is C33H38F2N2O4. The zero-order chi connectivity index (χ0) is 30.0. The summed E-state index contributed by atoms with van der Waals surface area (Å²) in [6.07, 6.45) is 2.86. The molecule has 6 nitrogen and oxygen atoms in total. The lowest BCUT2D eigenvalue weighted by molar-refractivity contribution is -0.142. The van der Waals surface area contributed by atoms with Crippen molar-refractivity contribution in [3.8, 4) is 16.9 Å². The first-order valence-electron chi connectivity index (χ1n) is 14.1. The predicted molar refractivity (Wildman–Crippen MR) is 154 cm³/mol. The molecule has 1 aliphatic carbocycles. The maximum atomic E-state index is 15.7. The summed E-state index contributed by atoms with van der Waals surface area (Å²) in [5.74, 6) is -4.38. The summed E-state index contributed by atoms with van der Waals surface area (Å²) in [6.45, 7) is 12.1. The molecule has 2 aromatic carbocycles. The van der Waals surface area contributed by atoms with E-state index in [0.717, 1.165) is 18.4 Å². The van der Waals surface area contributed by atoms with Crippen molar-refractivity contribution in [2.24, 2.45) is 11.8 Å². The van der Waals surface area contributed by atoms with Gasteiger partial charge in [-0.15, -0.1) is 0 Å². The molecule has 0 saturated heterocycles. The number of hydrogen-bond donors (Lipinski definition) is 1. The van der Waals surface area contributed by atoms with Gasteiger partial charge in [0, 0.05) is 35.8 Å². The van der Waals surface area contributed by atoms with E-state index in [4.69, 9.17) is 4.74 Å². The van der Waals surface area contributed by atoms with Gasteiger partial charge in [0.2, 0.25) is 0 Å². The van der Waals surface area contributed by atoms with Gasteiger partial charge < -0.3 is 9.84 Å². The van der Waals surface area contributed by atoms with Crippen LogP contribution in [0, 0.1) is 30.4 Å². The SMILES string of the molecule is Cc1cc(-c2ccc(C(=O)Oc3cccc([C@H](C4CC4)[C@H](C)C(=O)O)c3F)cc2CN(C(C)C)C(C)C)c(F)cn1. The molecule has 1 fully saturated rings. The number of carbonyl (C=O) groups is 2. The topological polar surface area (TPSA) is 79.7 Å². The van der Waals surface area contributed by atoms with Gasteiger partial charge in [0.05, 0.1) is 17.7 Å². The van der Waals surface area contributed by atoms with Crippen molar-refractivity contribution in [1.82, 2.24) is 9.88 Å². The summed E-state index contributed by atoms with van der Waals surface area (Å²) >= 11 is 0. The lowest BCUT2D eigenvalue weighted by Crippen LogP contribution is -2.36. The van der Waals surface area contributed by atoms with Gasteiger partial charge in [-0.1, -0.05) is 25.1 Å². The number of hydrogen-bond acceptors (Lipinski definition) is 5. The molecule has 0 spiro atoms. The fourth-order valence-corrected chi connectivity index (χ4v) is 5.59. The van der Waals surface area contributed by atoms with Crippen LogP contribution in [0.2, 0.25) is 0 Å². The Labute approximate surface area is 240 Å². The van der Waals surface area contributed by atoms with Crippen LogP contribution in [-0.2, 0) is 11.3 Å². The maximum absolute atomic E-state index is 15.7. The van der Waals surface area contributed by atoms with Crippen LogP contribution in [0.1, 0.15) is 80.6 Å². The molecular weight excluding hydrogens is 526 g/mol. The number of aliphatic carboxylic acids is 1. The first kappa shape index (κ1) is 30.3. The molecule has 2 atom stereocenters. The van der Waals surface area contributed by atoms with E-state index in [1.165, 1.54) is 12.3 Å². The molecule has 1 heterocycles. The molecule has 3 aromatic rings. The zero-order valence-electron chi connectivity index (χ0n) is 24.4. The molecule has 0 aliphatic heterocycles. The van der Waals surface area contributed by atoms with Gasteiger partial charge >= 0.3 is 11.9 Å². The summed E-state index contributed by atoms with van der Waals surface area (Å²) in [6, 6.07) is 11.5. The first-order valence-corrected chi connectivity index (χ1v) is 14.1. The highest BCUT2D eigenvalue weighted by atomic mass is 19.1. The molecule has 1 N–H and O–H groups in total. The summed E-state index contributed by atoms with van der Waals surface area (Å²) in [5.41, 5.74) is 2.86. The number of nitrogens with zero attached hydrogens (tertiary/aromatic N) is 2. The number of rotatable bonds is 11. The van der Waals surface area contributed by atoms with E-state index in [1.807, 2.05) is 0 Å². The van der Waals surface area contributed by atoms with Crippen LogP contribution in [0.4, 0.5) is 8.78 Å². The summed E-state index contributed by atoms with van der Waals surface area (Å²) in [4.78, 5) is 31.3. The maximum Gasteiger partial charge on any atom is 0.343 e. The van der Waals surface area contributed by atoms with Gasteiger partial charge in [-0.2, -0.15) is 0 Å². The standard InChI is InChI=1S/C33H38F2N2O4/c1-18(2)37(19(3)4)17-24-15-23(12-13-25(24)27-14-20(5)36-16-28(27)34)33(40)41-29-9-7-8-26(31(29)35)30(22-10-11-22)21(6)32(38)39/h7-9,12-16,18-19,21-22,30H,10-11,17H2,1-6H3,(H,38,39)/t21-,30-/m0/s1. The third-order valence-electron chi connectivity index (χ3n) is 7.92. The fourth-order valence-electron chi connectivity index (χ4n) is 5.59. The van der Waals surface area contributed by atoms with Crippen LogP contribution in [0.5, 0.6) is 5.75 Å². The van der Waals surface area contributed by atoms with E-state index in [9.17, 15) is 19.1 Å². The smallest absolute Gasteiger partial charge is 0.343 e. The van der Waals surface area contributed by atoms with Gasteiger partial charge in [-0.25, -0.2) is 13.6 Å². The van der Waals surface area contributed by atoms with Gasteiger partial charge in [-0.05, 0) is 94.3 Å². The zero-order valence-corrected chi connectivity index (χ0v) is 24.4. The van der Waals surface area contributed by atoms with E-state index >= 15 is 4.39 Å². The Bertz CT molecular complexity index is 1430. The third-order valence-corrected chi connectivity index (χ3v) is 7.92. The van der Waals surface area contributed by atoms with Crippen LogP contribution in [-0.4, -0.2) is 39.0 Å². The van der Waals surface area contributed by atoms with Gasteiger partial charge in [0.25, 0.3) is 0 Å². The number of aryl methyl sites for hydroxylation is 1. The fraction of sp³-hybridized carbons (Fsp3) is 0.424. The second kappa shape index (κ2) is 12.5. The molecule has 0 unspecified atom stereocenters. The summed E-state index contributed by atoms with van der Waals surface area (Å²) in [7, 11) is 0. The number of benzene rings is 2. The van der Waals surface area contributed by atoms with Crippen molar-refractivity contribution in [2.45, 2.75) is 78.9 Å². The molecule has 1 saturated carbocycles. The van der Waals surface area contributed by atoms with Crippen LogP contribution < -0.4 is 4.74 Å². The van der Waals surface area contributed by atoms with Gasteiger partial charge in [0.1, 0.15) is 5.82 Å². The Kier molecular flexibility index (Phi) is 9.22. The number of carboxylic acid groups (broad SMARTS) is 1. The minimum Gasteiger partial charge on any atom is -0.481 e. The highest BCUT2D eigenvalue weighted by molar-refractivity contribution is 5.92. The molecule has 1 aliphatic rings. The monoisotopic (exact) mass is 564 g/mol. The van der Waals surface area contributed by atoms with Crippen molar-refractivity contribution in [3.63, 3.8) is 0 Å². The Morgan fingerprint density at radius 2 is 1.71 bits per heavy atom. The molecule has 1 aromatic heterocycles. The number of esters is 1. The molecule has 8 heteroatoms. The van der Waals surface area contributed by atoms with Crippen molar-refractivity contribution in [3.05, 3.63) is 82.7 Å². The average molecular weight is 565 g/mol. The quantitative estimate of drug-likeness (QED) is 0.193. The lowest BCUT2D eigenvalue weighted by atomic mass is 9.83. The van der Waals surface area contributed by atoms with Crippen molar-refractivity contribution >= 4 is 11.9 Å². The highest BCUT2D eigenvalue weighted by Crippen LogP contribution is 2.48. The van der Waals surface area contributed by atoms with E-state index in [0.29, 0.717) is 23.4 Å². The molecule has 4 rings (SSSR count). The van der Waals surface area contributed by atoms with Crippen LogP contribution in [0.3, 0.4) is 0 Å². The number of carbonyl (C=O) groups excluding carboxylic acids is 1. The third kappa shape index (κ3) is 6.81. The van der Waals surface area contributed by atoms with Crippen molar-refractivity contribution in [1.29, 1.82) is 0 Å². The predicted octanol–water partition coefficient (Wildman–Crippen LogP) is 7.39. The minimum absolute atomic E-state index is 0.0822. The molecule has 218 valence electrons. The van der Waals surface area contributed by atoms with Gasteiger partial charge in [0.15, 0.2) is 11.6 Å². The van der Waals surface area contributed by atoms with Crippen LogP contribution >= 0.6 is 0 Å². The minimum atomic E-state index is -0.992. The number of aromatic nitrogens is 1. The second-order valence-electron chi connectivity index (χ2n) is 11.6. The van der Waals surface area contributed by atoms with Crippen molar-refractivity contribution in [2.75, 3.05) is 0 Å². The van der Waals surface area contributed by atoms with Crippen molar-refractivity contribution < 1.29 is 28.2 Å². The lowest BCUT2D eigenvalue weighted by Gasteiger charge is -2.31.